The van der Waals surface area contributed by atoms with Gasteiger partial charge in [0.1, 0.15) is 11.4 Å². The minimum absolute atomic E-state index is 0.0845. The molecule has 0 fully saturated rings. The summed E-state index contributed by atoms with van der Waals surface area (Å²) >= 11 is 1.65. The number of ether oxygens (including phenoxy) is 1. The number of carbonyl (C=O) groups is 1. The molecule has 0 spiro atoms. The Kier molecular flexibility index (Phi) is 4.45. The highest BCUT2D eigenvalue weighted by molar-refractivity contribution is 7.98. The van der Waals surface area contributed by atoms with Crippen LogP contribution in [0.5, 0.6) is 5.75 Å². The fourth-order valence-electron chi connectivity index (χ4n) is 2.99. The average Bonchev–Trinajstić information content (AvgIpc) is 2.55. The normalized spacial score (nSPS) is 18.4. The molecule has 0 radical (unpaired) electrons. The van der Waals surface area contributed by atoms with E-state index < -0.39 is 0 Å². The number of amides is 1. The molecule has 0 saturated carbocycles. The van der Waals surface area contributed by atoms with E-state index in [1.807, 2.05) is 62.6 Å². The number of hydrogen-bond acceptors (Lipinski definition) is 4. The zero-order valence-electron chi connectivity index (χ0n) is 14.1. The molecule has 2 aromatic rings. The second-order valence-corrected chi connectivity index (χ2v) is 7.50. The molecule has 3 rings (SSSR count). The molecular weight excluding hydrogens is 320 g/mol. The Morgan fingerprint density at radius 1 is 1.25 bits per heavy atom. The van der Waals surface area contributed by atoms with Gasteiger partial charge in [0.15, 0.2) is 0 Å². The number of fused-ring (bicyclic) bond motifs is 1. The van der Waals surface area contributed by atoms with E-state index in [0.29, 0.717) is 17.7 Å². The first-order valence-electron chi connectivity index (χ1n) is 7.91. The average molecular weight is 342 g/mol. The van der Waals surface area contributed by atoms with Crippen LogP contribution < -0.4 is 15.8 Å². The van der Waals surface area contributed by atoms with E-state index >= 15 is 0 Å². The molecule has 24 heavy (non-hydrogen) atoms. The summed E-state index contributed by atoms with van der Waals surface area (Å²) in [6.45, 7) is 4.05. The highest BCUT2D eigenvalue weighted by atomic mass is 32.2. The summed E-state index contributed by atoms with van der Waals surface area (Å²) in [5.74, 6) is 0.696. The number of nitrogens with one attached hydrogen (secondary N) is 1. The Balaban J connectivity index is 1.85. The number of benzene rings is 2. The van der Waals surface area contributed by atoms with Gasteiger partial charge in [-0.1, -0.05) is 0 Å². The van der Waals surface area contributed by atoms with Crippen LogP contribution in [-0.2, 0) is 0 Å². The van der Waals surface area contributed by atoms with Crippen LogP contribution >= 0.6 is 11.8 Å². The van der Waals surface area contributed by atoms with Crippen molar-refractivity contribution in [2.24, 2.45) is 0 Å². The summed E-state index contributed by atoms with van der Waals surface area (Å²) in [5.41, 5.74) is 7.83. The third-order valence-corrected chi connectivity index (χ3v) is 4.89. The van der Waals surface area contributed by atoms with Crippen molar-refractivity contribution in [2.75, 3.05) is 12.0 Å². The molecule has 1 unspecified atom stereocenters. The summed E-state index contributed by atoms with van der Waals surface area (Å²) < 4.78 is 6.01. The molecule has 1 aliphatic rings. The molecule has 5 heteroatoms. The molecule has 4 nitrogen and oxygen atoms in total. The van der Waals surface area contributed by atoms with Crippen molar-refractivity contribution < 1.29 is 9.53 Å². The lowest BCUT2D eigenvalue weighted by Gasteiger charge is -2.38. The number of nitrogens with two attached hydrogens (primary N) is 1. The van der Waals surface area contributed by atoms with Crippen molar-refractivity contribution in [3.8, 4) is 5.75 Å². The van der Waals surface area contributed by atoms with Gasteiger partial charge in [-0.05, 0) is 62.6 Å². The lowest BCUT2D eigenvalue weighted by atomic mass is 9.89. The number of anilines is 1. The molecule has 1 amide bonds. The van der Waals surface area contributed by atoms with Gasteiger partial charge in [0.25, 0.3) is 5.91 Å². The van der Waals surface area contributed by atoms with Gasteiger partial charge < -0.3 is 15.8 Å². The maximum absolute atomic E-state index is 12.6. The Morgan fingerprint density at radius 3 is 2.62 bits per heavy atom. The summed E-state index contributed by atoms with van der Waals surface area (Å²) in [5, 5.41) is 3.13. The van der Waals surface area contributed by atoms with Gasteiger partial charge >= 0.3 is 0 Å². The van der Waals surface area contributed by atoms with Crippen molar-refractivity contribution in [1.29, 1.82) is 0 Å². The van der Waals surface area contributed by atoms with Gasteiger partial charge in [-0.25, -0.2) is 0 Å². The molecule has 0 aliphatic carbocycles. The second-order valence-electron chi connectivity index (χ2n) is 6.62. The quantitative estimate of drug-likeness (QED) is 0.653. The Morgan fingerprint density at radius 2 is 1.96 bits per heavy atom. The van der Waals surface area contributed by atoms with E-state index in [4.69, 9.17) is 10.5 Å². The van der Waals surface area contributed by atoms with Gasteiger partial charge in [-0.3, -0.25) is 4.79 Å². The van der Waals surface area contributed by atoms with Gasteiger partial charge in [0, 0.05) is 28.1 Å². The van der Waals surface area contributed by atoms with Crippen molar-refractivity contribution >= 4 is 23.4 Å². The molecule has 1 heterocycles. The molecule has 2 aromatic carbocycles. The second kappa shape index (κ2) is 6.40. The van der Waals surface area contributed by atoms with Crippen molar-refractivity contribution in [3.63, 3.8) is 0 Å². The predicted molar refractivity (Wildman–Crippen MR) is 98.6 cm³/mol. The van der Waals surface area contributed by atoms with Crippen LogP contribution in [0, 0.1) is 0 Å². The van der Waals surface area contributed by atoms with Crippen molar-refractivity contribution in [1.82, 2.24) is 5.32 Å². The molecule has 0 saturated heterocycles. The smallest absolute Gasteiger partial charge is 0.251 e. The summed E-state index contributed by atoms with van der Waals surface area (Å²) in [6.07, 6.45) is 2.71. The Hall–Kier alpha value is -2.14. The van der Waals surface area contributed by atoms with E-state index in [9.17, 15) is 4.79 Å². The van der Waals surface area contributed by atoms with Crippen LogP contribution in [0.3, 0.4) is 0 Å². The molecular formula is C19H22N2O2S. The van der Waals surface area contributed by atoms with Crippen LogP contribution in [0.2, 0.25) is 0 Å². The van der Waals surface area contributed by atoms with E-state index in [-0.39, 0.29) is 17.6 Å². The highest BCUT2D eigenvalue weighted by Crippen LogP contribution is 2.40. The third kappa shape index (κ3) is 3.51. The van der Waals surface area contributed by atoms with Gasteiger partial charge in [0.2, 0.25) is 0 Å². The van der Waals surface area contributed by atoms with Crippen LogP contribution in [0.4, 0.5) is 5.69 Å². The summed E-state index contributed by atoms with van der Waals surface area (Å²) in [4.78, 5) is 13.8. The topological polar surface area (TPSA) is 64.3 Å². The molecule has 0 aromatic heterocycles. The molecule has 1 aliphatic heterocycles. The summed E-state index contributed by atoms with van der Waals surface area (Å²) in [7, 11) is 0. The lowest BCUT2D eigenvalue weighted by molar-refractivity contribution is 0.0620. The van der Waals surface area contributed by atoms with Gasteiger partial charge in [-0.15, -0.1) is 11.8 Å². The van der Waals surface area contributed by atoms with Crippen LogP contribution in [-0.4, -0.2) is 17.8 Å². The fourth-order valence-corrected chi connectivity index (χ4v) is 3.39. The van der Waals surface area contributed by atoms with Crippen LogP contribution in [0.15, 0.2) is 47.4 Å². The number of nitrogen functional groups attached to an aromatic ring is 1. The molecule has 0 bridgehead atoms. The number of hydrogen-bond donors (Lipinski definition) is 2. The van der Waals surface area contributed by atoms with Crippen molar-refractivity contribution in [2.45, 2.75) is 36.8 Å². The first-order valence-corrected chi connectivity index (χ1v) is 9.14. The van der Waals surface area contributed by atoms with Crippen molar-refractivity contribution in [3.05, 3.63) is 53.6 Å². The first kappa shape index (κ1) is 16.7. The van der Waals surface area contributed by atoms with E-state index in [0.717, 1.165) is 16.2 Å². The number of carbonyl (C=O) groups excluding carboxylic acids is 1. The van der Waals surface area contributed by atoms with Gasteiger partial charge in [0.05, 0.1) is 6.04 Å². The Labute approximate surface area is 146 Å². The minimum atomic E-state index is -0.343. The lowest BCUT2D eigenvalue weighted by Crippen LogP contribution is -2.41. The third-order valence-electron chi connectivity index (χ3n) is 4.15. The van der Waals surface area contributed by atoms with E-state index in [1.54, 1.807) is 11.8 Å². The largest absolute Gasteiger partial charge is 0.487 e. The number of thioether (sulfide) groups is 1. The SMILES string of the molecule is CSc1ccc(C(=O)NC2CC(C)(C)Oc3ccc(N)cc32)cc1. The molecule has 126 valence electrons. The minimum Gasteiger partial charge on any atom is -0.487 e. The maximum Gasteiger partial charge on any atom is 0.251 e. The standard InChI is InChI=1S/C19H22N2O2S/c1-19(2)11-16(15-10-13(20)6-9-17(15)23-19)21-18(22)12-4-7-14(24-3)8-5-12/h4-10,16H,11,20H2,1-3H3,(H,21,22). The zero-order valence-corrected chi connectivity index (χ0v) is 14.9. The maximum atomic E-state index is 12.6. The van der Waals surface area contributed by atoms with E-state index in [1.165, 1.54) is 0 Å². The summed E-state index contributed by atoms with van der Waals surface area (Å²) in [6, 6.07) is 13.1. The zero-order chi connectivity index (χ0) is 17.3. The first-order chi connectivity index (χ1) is 11.4. The van der Waals surface area contributed by atoms with Crippen LogP contribution in [0.1, 0.15) is 42.2 Å². The molecule has 1 atom stereocenters. The number of rotatable bonds is 3. The monoisotopic (exact) mass is 342 g/mol. The fraction of sp³-hybridized carbons (Fsp3) is 0.316. The van der Waals surface area contributed by atoms with Gasteiger partial charge in [-0.2, -0.15) is 0 Å². The molecule has 3 N–H and O–H groups in total. The Bertz CT molecular complexity index is 756. The van der Waals surface area contributed by atoms with E-state index in [2.05, 4.69) is 5.32 Å². The van der Waals surface area contributed by atoms with Crippen LogP contribution in [0.25, 0.3) is 0 Å². The highest BCUT2D eigenvalue weighted by Gasteiger charge is 2.34. The predicted octanol–water partition coefficient (Wildman–Crippen LogP) is 4.02.